The second-order valence-corrected chi connectivity index (χ2v) is 5.16. The highest BCUT2D eigenvalue weighted by Gasteiger charge is 2.20. The van der Waals surface area contributed by atoms with E-state index >= 15 is 0 Å². The zero-order valence-electron chi connectivity index (χ0n) is 12.3. The van der Waals surface area contributed by atoms with Crippen LogP contribution in [0.5, 0.6) is 0 Å². The van der Waals surface area contributed by atoms with Gasteiger partial charge in [0.2, 0.25) is 11.9 Å². The molecule has 1 aliphatic heterocycles. The summed E-state index contributed by atoms with van der Waals surface area (Å²) < 4.78 is 1.63. The summed E-state index contributed by atoms with van der Waals surface area (Å²) in [4.78, 5) is 15.5. The summed E-state index contributed by atoms with van der Waals surface area (Å²) >= 11 is 0. The Morgan fingerprint density at radius 2 is 2.14 bits per heavy atom. The Morgan fingerprint density at radius 3 is 2.81 bits per heavy atom. The van der Waals surface area contributed by atoms with Gasteiger partial charge in [-0.15, -0.1) is 0 Å². The van der Waals surface area contributed by atoms with Crippen molar-refractivity contribution in [2.45, 2.75) is 19.4 Å². The van der Waals surface area contributed by atoms with Crippen molar-refractivity contribution in [3.63, 3.8) is 0 Å². The molecule has 0 amide bonds. The van der Waals surface area contributed by atoms with Crippen LogP contribution in [0.1, 0.15) is 13.3 Å². The van der Waals surface area contributed by atoms with Gasteiger partial charge in [0.05, 0.1) is 0 Å². The predicted octanol–water partition coefficient (Wildman–Crippen LogP) is 0.605. The molecule has 112 valence electrons. The van der Waals surface area contributed by atoms with Gasteiger partial charge in [0, 0.05) is 31.5 Å². The standard InChI is InChI=1S/C13H20N8/c1-3-14-11-17-12(16-10-5-8-20(2)9-10)19-13(18-11)21-7-4-6-15-21/h4,6-7,10H,3,5,8-9H2,1-2H3,(H2,14,16,17,18,19). The van der Waals surface area contributed by atoms with Crippen molar-refractivity contribution in [1.29, 1.82) is 0 Å². The lowest BCUT2D eigenvalue weighted by molar-refractivity contribution is 0.414. The number of nitrogens with zero attached hydrogens (tertiary/aromatic N) is 6. The molecule has 21 heavy (non-hydrogen) atoms. The molecule has 2 aromatic rings. The van der Waals surface area contributed by atoms with Crippen LogP contribution >= 0.6 is 0 Å². The summed E-state index contributed by atoms with van der Waals surface area (Å²) in [6.07, 6.45) is 4.61. The van der Waals surface area contributed by atoms with Crippen molar-refractivity contribution in [2.75, 3.05) is 37.3 Å². The van der Waals surface area contributed by atoms with Gasteiger partial charge in [-0.2, -0.15) is 20.1 Å². The van der Waals surface area contributed by atoms with Gasteiger partial charge in [0.15, 0.2) is 0 Å². The molecule has 0 saturated carbocycles. The SMILES string of the molecule is CCNc1nc(NC2CCN(C)C2)nc(-n2cccn2)n1. The molecule has 2 aromatic heterocycles. The zero-order valence-corrected chi connectivity index (χ0v) is 12.3. The summed E-state index contributed by atoms with van der Waals surface area (Å²) in [5.74, 6) is 1.67. The molecule has 1 atom stereocenters. The fraction of sp³-hybridized carbons (Fsp3) is 0.538. The Kier molecular flexibility index (Phi) is 3.96. The summed E-state index contributed by atoms with van der Waals surface area (Å²) in [7, 11) is 2.12. The number of hydrogen-bond acceptors (Lipinski definition) is 7. The van der Waals surface area contributed by atoms with E-state index in [1.54, 1.807) is 10.9 Å². The molecular weight excluding hydrogens is 268 g/mol. The number of likely N-dealkylation sites (tertiary alicyclic amines) is 1. The molecule has 3 rings (SSSR count). The smallest absolute Gasteiger partial charge is 0.257 e. The predicted molar refractivity (Wildman–Crippen MR) is 80.6 cm³/mol. The minimum atomic E-state index is 0.373. The molecule has 0 bridgehead atoms. The van der Waals surface area contributed by atoms with E-state index in [0.29, 0.717) is 23.9 Å². The Bertz CT molecular complexity index is 582. The Hall–Kier alpha value is -2.22. The van der Waals surface area contributed by atoms with Gasteiger partial charge in [0.25, 0.3) is 5.95 Å². The first-order valence-corrected chi connectivity index (χ1v) is 7.19. The zero-order chi connectivity index (χ0) is 14.7. The van der Waals surface area contributed by atoms with Gasteiger partial charge in [-0.3, -0.25) is 0 Å². The molecule has 0 spiro atoms. The number of anilines is 2. The lowest BCUT2D eigenvalue weighted by Gasteiger charge is -2.14. The number of hydrogen-bond donors (Lipinski definition) is 2. The summed E-state index contributed by atoms with van der Waals surface area (Å²) in [6, 6.07) is 2.22. The van der Waals surface area contributed by atoms with Crippen molar-refractivity contribution < 1.29 is 0 Å². The first kappa shape index (κ1) is 13.7. The summed E-state index contributed by atoms with van der Waals surface area (Å²) in [5, 5.41) is 10.7. The maximum Gasteiger partial charge on any atom is 0.257 e. The maximum atomic E-state index is 4.46. The van der Waals surface area contributed by atoms with Crippen LogP contribution in [0.15, 0.2) is 18.5 Å². The van der Waals surface area contributed by atoms with Crippen LogP contribution in [0.3, 0.4) is 0 Å². The van der Waals surface area contributed by atoms with Crippen LogP contribution < -0.4 is 10.6 Å². The fourth-order valence-electron chi connectivity index (χ4n) is 2.39. The molecule has 1 fully saturated rings. The molecule has 3 heterocycles. The number of rotatable bonds is 5. The number of likely N-dealkylation sites (N-methyl/N-ethyl adjacent to an activating group) is 1. The van der Waals surface area contributed by atoms with E-state index < -0.39 is 0 Å². The monoisotopic (exact) mass is 288 g/mol. The molecule has 0 aliphatic carbocycles. The van der Waals surface area contributed by atoms with E-state index in [0.717, 1.165) is 26.1 Å². The number of nitrogens with one attached hydrogen (secondary N) is 2. The molecule has 0 radical (unpaired) electrons. The minimum absolute atomic E-state index is 0.373. The first-order chi connectivity index (χ1) is 10.2. The van der Waals surface area contributed by atoms with E-state index in [1.165, 1.54) is 0 Å². The van der Waals surface area contributed by atoms with Crippen molar-refractivity contribution in [3.05, 3.63) is 18.5 Å². The fourth-order valence-corrected chi connectivity index (χ4v) is 2.39. The van der Waals surface area contributed by atoms with Gasteiger partial charge in [-0.05, 0) is 33.0 Å². The molecule has 0 aromatic carbocycles. The van der Waals surface area contributed by atoms with Crippen LogP contribution in [0.4, 0.5) is 11.9 Å². The van der Waals surface area contributed by atoms with Crippen LogP contribution in [0.25, 0.3) is 5.95 Å². The van der Waals surface area contributed by atoms with Gasteiger partial charge in [0.1, 0.15) is 0 Å². The third-order valence-electron chi connectivity index (χ3n) is 3.39. The molecule has 1 aliphatic rings. The van der Waals surface area contributed by atoms with E-state index in [1.807, 2.05) is 19.2 Å². The highest BCUT2D eigenvalue weighted by atomic mass is 15.4. The van der Waals surface area contributed by atoms with Crippen LogP contribution in [-0.2, 0) is 0 Å². The van der Waals surface area contributed by atoms with Crippen LogP contribution in [0, 0.1) is 0 Å². The molecule has 2 N–H and O–H groups in total. The van der Waals surface area contributed by atoms with E-state index in [-0.39, 0.29) is 0 Å². The number of aromatic nitrogens is 5. The van der Waals surface area contributed by atoms with Crippen LogP contribution in [0.2, 0.25) is 0 Å². The van der Waals surface area contributed by atoms with Gasteiger partial charge in [-0.1, -0.05) is 0 Å². The largest absolute Gasteiger partial charge is 0.354 e. The normalized spacial score (nSPS) is 18.9. The van der Waals surface area contributed by atoms with Gasteiger partial charge in [-0.25, -0.2) is 4.68 Å². The van der Waals surface area contributed by atoms with E-state index in [4.69, 9.17) is 0 Å². The third kappa shape index (κ3) is 3.27. The Balaban J connectivity index is 1.84. The van der Waals surface area contributed by atoms with Crippen molar-refractivity contribution >= 4 is 11.9 Å². The highest BCUT2D eigenvalue weighted by Crippen LogP contribution is 2.14. The second kappa shape index (κ2) is 6.04. The molecule has 1 unspecified atom stereocenters. The lowest BCUT2D eigenvalue weighted by atomic mass is 10.3. The van der Waals surface area contributed by atoms with Crippen molar-refractivity contribution in [3.8, 4) is 5.95 Å². The Labute approximate surface area is 123 Å². The molecular formula is C13H20N8. The van der Waals surface area contributed by atoms with E-state index in [2.05, 4.69) is 42.6 Å². The first-order valence-electron chi connectivity index (χ1n) is 7.19. The second-order valence-electron chi connectivity index (χ2n) is 5.16. The van der Waals surface area contributed by atoms with Gasteiger partial charge >= 0.3 is 0 Å². The summed E-state index contributed by atoms with van der Waals surface area (Å²) in [5.41, 5.74) is 0. The molecule has 1 saturated heterocycles. The summed E-state index contributed by atoms with van der Waals surface area (Å²) in [6.45, 7) is 4.86. The topological polar surface area (TPSA) is 83.8 Å². The average Bonchev–Trinajstić information content (AvgIpc) is 3.11. The minimum Gasteiger partial charge on any atom is -0.354 e. The van der Waals surface area contributed by atoms with Crippen LogP contribution in [-0.4, -0.2) is 62.4 Å². The molecule has 8 nitrogen and oxygen atoms in total. The Morgan fingerprint density at radius 1 is 1.29 bits per heavy atom. The maximum absolute atomic E-state index is 4.46. The average molecular weight is 288 g/mol. The molecule has 8 heteroatoms. The third-order valence-corrected chi connectivity index (χ3v) is 3.39. The van der Waals surface area contributed by atoms with Gasteiger partial charge < -0.3 is 15.5 Å². The van der Waals surface area contributed by atoms with Crippen molar-refractivity contribution in [2.24, 2.45) is 0 Å². The highest BCUT2D eigenvalue weighted by molar-refractivity contribution is 5.38. The van der Waals surface area contributed by atoms with Crippen molar-refractivity contribution in [1.82, 2.24) is 29.6 Å². The quantitative estimate of drug-likeness (QED) is 0.833. The van der Waals surface area contributed by atoms with E-state index in [9.17, 15) is 0 Å². The lowest BCUT2D eigenvalue weighted by Crippen LogP contribution is -2.25.